The van der Waals surface area contributed by atoms with E-state index in [-0.39, 0.29) is 5.91 Å². The minimum atomic E-state index is 0.0202. The maximum absolute atomic E-state index is 13.0. The Balaban J connectivity index is 1.55. The van der Waals surface area contributed by atoms with E-state index in [1.165, 1.54) is 0 Å². The third kappa shape index (κ3) is 3.97. The zero-order valence-corrected chi connectivity index (χ0v) is 17.7. The van der Waals surface area contributed by atoms with Gasteiger partial charge in [0, 0.05) is 44.4 Å². The molecule has 158 valence electrons. The highest BCUT2D eigenvalue weighted by Gasteiger charge is 2.25. The molecule has 1 aliphatic heterocycles. The molecule has 4 rings (SSSR count). The van der Waals surface area contributed by atoms with Crippen LogP contribution in [-0.4, -0.2) is 73.3 Å². The van der Waals surface area contributed by atoms with Crippen LogP contribution in [0.25, 0.3) is 17.3 Å². The van der Waals surface area contributed by atoms with E-state index in [1.807, 2.05) is 24.0 Å². The van der Waals surface area contributed by atoms with Crippen molar-refractivity contribution in [2.45, 2.75) is 33.6 Å². The monoisotopic (exact) mass is 409 g/mol. The smallest absolute Gasteiger partial charge is 0.258 e. The Kier molecular flexibility index (Phi) is 5.89. The first-order chi connectivity index (χ1) is 14.6. The number of amides is 1. The molecule has 4 heterocycles. The number of hydrogen-bond acceptors (Lipinski definition) is 7. The van der Waals surface area contributed by atoms with E-state index in [4.69, 9.17) is 4.52 Å². The predicted molar refractivity (Wildman–Crippen MR) is 111 cm³/mol. The number of carbonyl (C=O) groups is 1. The highest BCUT2D eigenvalue weighted by atomic mass is 16.5. The van der Waals surface area contributed by atoms with Gasteiger partial charge < -0.3 is 14.3 Å². The number of piperazine rings is 1. The maximum atomic E-state index is 13.0. The molecule has 0 bridgehead atoms. The molecule has 0 unspecified atom stereocenters. The molecule has 0 aromatic carbocycles. The Morgan fingerprint density at radius 3 is 2.73 bits per heavy atom. The molecule has 9 nitrogen and oxygen atoms in total. The first kappa shape index (κ1) is 20.2. The quantitative estimate of drug-likeness (QED) is 0.617. The fourth-order valence-corrected chi connectivity index (χ4v) is 3.65. The van der Waals surface area contributed by atoms with E-state index in [2.05, 4.69) is 39.0 Å². The SMILES string of the molecule is CCCc1noc(-c2ccnc(-n3ncc(C(=O)N4CCN(CC)CC4)c3C)c2)n1. The van der Waals surface area contributed by atoms with Gasteiger partial charge in [0.05, 0.1) is 17.5 Å². The van der Waals surface area contributed by atoms with Crippen LogP contribution in [0.3, 0.4) is 0 Å². The Morgan fingerprint density at radius 1 is 1.20 bits per heavy atom. The van der Waals surface area contributed by atoms with Crippen LogP contribution in [-0.2, 0) is 6.42 Å². The first-order valence-electron chi connectivity index (χ1n) is 10.5. The van der Waals surface area contributed by atoms with E-state index in [1.54, 1.807) is 17.1 Å². The highest BCUT2D eigenvalue weighted by Crippen LogP contribution is 2.21. The van der Waals surface area contributed by atoms with Gasteiger partial charge in [-0.25, -0.2) is 9.67 Å². The number of hydrogen-bond donors (Lipinski definition) is 0. The summed E-state index contributed by atoms with van der Waals surface area (Å²) in [7, 11) is 0. The van der Waals surface area contributed by atoms with Gasteiger partial charge >= 0.3 is 0 Å². The van der Waals surface area contributed by atoms with Crippen molar-refractivity contribution < 1.29 is 9.32 Å². The topological polar surface area (TPSA) is 93.2 Å². The zero-order valence-electron chi connectivity index (χ0n) is 17.7. The second-order valence-corrected chi connectivity index (χ2v) is 7.45. The molecule has 1 fully saturated rings. The number of pyridine rings is 1. The van der Waals surface area contributed by atoms with Gasteiger partial charge in [-0.05, 0) is 32.0 Å². The van der Waals surface area contributed by atoms with Crippen molar-refractivity contribution in [2.75, 3.05) is 32.7 Å². The largest absolute Gasteiger partial charge is 0.336 e. The number of carbonyl (C=O) groups excluding carboxylic acids is 1. The number of aryl methyl sites for hydroxylation is 1. The lowest BCUT2D eigenvalue weighted by Crippen LogP contribution is -2.48. The number of nitrogens with zero attached hydrogens (tertiary/aromatic N) is 7. The van der Waals surface area contributed by atoms with Crippen molar-refractivity contribution in [3.05, 3.63) is 41.6 Å². The number of aromatic nitrogens is 5. The minimum Gasteiger partial charge on any atom is -0.336 e. The normalized spacial score (nSPS) is 15.0. The Labute approximate surface area is 175 Å². The Hall–Kier alpha value is -3.07. The van der Waals surface area contributed by atoms with Crippen LogP contribution >= 0.6 is 0 Å². The molecule has 30 heavy (non-hydrogen) atoms. The van der Waals surface area contributed by atoms with Gasteiger partial charge in [0.1, 0.15) is 0 Å². The van der Waals surface area contributed by atoms with Gasteiger partial charge in [-0.2, -0.15) is 10.1 Å². The molecule has 3 aromatic heterocycles. The van der Waals surface area contributed by atoms with Crippen molar-refractivity contribution in [3.63, 3.8) is 0 Å². The van der Waals surface area contributed by atoms with Gasteiger partial charge in [-0.1, -0.05) is 19.0 Å². The average molecular weight is 409 g/mol. The highest BCUT2D eigenvalue weighted by molar-refractivity contribution is 5.95. The van der Waals surface area contributed by atoms with E-state index < -0.39 is 0 Å². The molecule has 0 N–H and O–H groups in total. The summed E-state index contributed by atoms with van der Waals surface area (Å²) in [5, 5.41) is 8.44. The summed E-state index contributed by atoms with van der Waals surface area (Å²) >= 11 is 0. The molecule has 1 saturated heterocycles. The molecule has 0 atom stereocenters. The van der Waals surface area contributed by atoms with Crippen molar-refractivity contribution in [1.82, 2.24) is 34.7 Å². The average Bonchev–Trinajstić information content (AvgIpc) is 3.40. The molecular weight excluding hydrogens is 382 g/mol. The summed E-state index contributed by atoms with van der Waals surface area (Å²) in [5.41, 5.74) is 2.14. The molecule has 1 amide bonds. The third-order valence-electron chi connectivity index (χ3n) is 5.50. The van der Waals surface area contributed by atoms with Crippen LogP contribution in [0.2, 0.25) is 0 Å². The summed E-state index contributed by atoms with van der Waals surface area (Å²) in [6, 6.07) is 3.67. The molecule has 9 heteroatoms. The molecule has 1 aliphatic rings. The minimum absolute atomic E-state index is 0.0202. The maximum Gasteiger partial charge on any atom is 0.258 e. The Morgan fingerprint density at radius 2 is 2.00 bits per heavy atom. The van der Waals surface area contributed by atoms with Crippen LogP contribution in [0.5, 0.6) is 0 Å². The first-order valence-corrected chi connectivity index (χ1v) is 10.5. The van der Waals surface area contributed by atoms with Crippen molar-refractivity contribution >= 4 is 5.91 Å². The molecule has 3 aromatic rings. The molecule has 0 saturated carbocycles. The van der Waals surface area contributed by atoms with Gasteiger partial charge in [0.2, 0.25) is 0 Å². The van der Waals surface area contributed by atoms with Gasteiger partial charge in [-0.15, -0.1) is 0 Å². The fourth-order valence-electron chi connectivity index (χ4n) is 3.65. The zero-order chi connectivity index (χ0) is 21.1. The second kappa shape index (κ2) is 8.74. The second-order valence-electron chi connectivity index (χ2n) is 7.45. The molecular formula is C21H27N7O2. The van der Waals surface area contributed by atoms with Crippen molar-refractivity contribution in [3.8, 4) is 17.3 Å². The number of rotatable bonds is 6. The standard InChI is InChI=1S/C21H27N7O2/c1-4-6-18-24-20(30-25-18)16-7-8-22-19(13-16)28-15(3)17(14-23-28)21(29)27-11-9-26(5-2)10-12-27/h7-8,13-14H,4-6,9-12H2,1-3H3. The van der Waals surface area contributed by atoms with Crippen LogP contribution in [0.4, 0.5) is 0 Å². The number of likely N-dealkylation sites (N-methyl/N-ethyl adjacent to an activating group) is 1. The predicted octanol–water partition coefficient (Wildman–Crippen LogP) is 2.36. The summed E-state index contributed by atoms with van der Waals surface area (Å²) in [6.07, 6.45) is 5.04. The lowest BCUT2D eigenvalue weighted by molar-refractivity contribution is 0.0642. The fraction of sp³-hybridized carbons (Fsp3) is 0.476. The van der Waals surface area contributed by atoms with Gasteiger partial charge in [0.15, 0.2) is 11.6 Å². The van der Waals surface area contributed by atoms with Crippen molar-refractivity contribution in [2.24, 2.45) is 0 Å². The third-order valence-corrected chi connectivity index (χ3v) is 5.50. The molecule has 0 aliphatic carbocycles. The molecule has 0 radical (unpaired) electrons. The lowest BCUT2D eigenvalue weighted by atomic mass is 10.2. The van der Waals surface area contributed by atoms with Gasteiger partial charge in [0.25, 0.3) is 11.8 Å². The van der Waals surface area contributed by atoms with E-state index in [9.17, 15) is 4.79 Å². The van der Waals surface area contributed by atoms with Crippen LogP contribution in [0, 0.1) is 6.92 Å². The van der Waals surface area contributed by atoms with E-state index >= 15 is 0 Å². The van der Waals surface area contributed by atoms with E-state index in [0.717, 1.165) is 56.8 Å². The lowest BCUT2D eigenvalue weighted by Gasteiger charge is -2.34. The summed E-state index contributed by atoms with van der Waals surface area (Å²) in [4.78, 5) is 26.1. The van der Waals surface area contributed by atoms with Crippen LogP contribution < -0.4 is 0 Å². The summed E-state index contributed by atoms with van der Waals surface area (Å²) < 4.78 is 7.06. The van der Waals surface area contributed by atoms with E-state index in [0.29, 0.717) is 23.1 Å². The van der Waals surface area contributed by atoms with Crippen LogP contribution in [0.1, 0.15) is 42.1 Å². The van der Waals surface area contributed by atoms with Gasteiger partial charge in [-0.3, -0.25) is 4.79 Å². The summed E-state index contributed by atoms with van der Waals surface area (Å²) in [6.45, 7) is 10.4. The molecule has 0 spiro atoms. The Bertz CT molecular complexity index is 1020. The van der Waals surface area contributed by atoms with Crippen molar-refractivity contribution in [1.29, 1.82) is 0 Å². The summed E-state index contributed by atoms with van der Waals surface area (Å²) in [5.74, 6) is 1.77. The van der Waals surface area contributed by atoms with Crippen LogP contribution in [0.15, 0.2) is 29.0 Å².